The van der Waals surface area contributed by atoms with Gasteiger partial charge in [-0.05, 0) is 29.7 Å². The van der Waals surface area contributed by atoms with Gasteiger partial charge in [-0.1, -0.05) is 37.1 Å². The zero-order valence-corrected chi connectivity index (χ0v) is 13.5. The first-order valence-electron chi connectivity index (χ1n) is 7.95. The Bertz CT molecular complexity index is 807. The maximum absolute atomic E-state index is 12.8. The fraction of sp³-hybridized carbons (Fsp3) is 0.250. The van der Waals surface area contributed by atoms with Gasteiger partial charge in [-0.2, -0.15) is 0 Å². The van der Waals surface area contributed by atoms with Gasteiger partial charge in [0, 0.05) is 12.5 Å². The maximum atomic E-state index is 12.8. The Hall–Kier alpha value is -2.93. The van der Waals surface area contributed by atoms with E-state index in [1.165, 1.54) is 22.6 Å². The van der Waals surface area contributed by atoms with E-state index < -0.39 is 6.10 Å². The Kier molecular flexibility index (Phi) is 4.43. The number of terminal acetylenes is 1. The van der Waals surface area contributed by atoms with E-state index in [2.05, 4.69) is 18.9 Å². The quantitative estimate of drug-likeness (QED) is 0.881. The van der Waals surface area contributed by atoms with Crippen LogP contribution in [0, 0.1) is 12.3 Å². The third-order valence-electron chi connectivity index (χ3n) is 4.20. The SMILES string of the molecule is C#CCN1C(=O)C(Cc2ccccc2CC)Oc2cc(O)ccc21. The highest BCUT2D eigenvalue weighted by molar-refractivity contribution is 6.00. The number of nitrogens with zero attached hydrogens (tertiary/aromatic N) is 1. The number of amides is 1. The molecule has 0 saturated heterocycles. The highest BCUT2D eigenvalue weighted by Crippen LogP contribution is 2.37. The van der Waals surface area contributed by atoms with Gasteiger partial charge in [-0.25, -0.2) is 0 Å². The molecule has 4 heteroatoms. The van der Waals surface area contributed by atoms with Crippen LogP contribution in [0.15, 0.2) is 42.5 Å². The molecule has 2 aromatic carbocycles. The number of hydrogen-bond acceptors (Lipinski definition) is 3. The molecule has 0 bridgehead atoms. The lowest BCUT2D eigenvalue weighted by molar-refractivity contribution is -0.126. The molecule has 4 nitrogen and oxygen atoms in total. The topological polar surface area (TPSA) is 49.8 Å². The van der Waals surface area contributed by atoms with Crippen molar-refractivity contribution in [3.05, 3.63) is 53.6 Å². The van der Waals surface area contributed by atoms with Gasteiger partial charge in [0.2, 0.25) is 0 Å². The van der Waals surface area contributed by atoms with E-state index in [1.807, 2.05) is 18.2 Å². The summed E-state index contributed by atoms with van der Waals surface area (Å²) < 4.78 is 5.89. The molecule has 1 atom stereocenters. The first-order valence-corrected chi connectivity index (χ1v) is 7.95. The number of rotatable bonds is 4. The van der Waals surface area contributed by atoms with E-state index in [-0.39, 0.29) is 18.2 Å². The molecule has 1 aliphatic heterocycles. The second kappa shape index (κ2) is 6.67. The van der Waals surface area contributed by atoms with E-state index in [0.29, 0.717) is 17.9 Å². The van der Waals surface area contributed by atoms with Crippen molar-refractivity contribution in [1.82, 2.24) is 0 Å². The van der Waals surface area contributed by atoms with Crippen molar-refractivity contribution in [2.75, 3.05) is 11.4 Å². The van der Waals surface area contributed by atoms with Crippen molar-refractivity contribution < 1.29 is 14.6 Å². The van der Waals surface area contributed by atoms with E-state index in [9.17, 15) is 9.90 Å². The van der Waals surface area contributed by atoms with Crippen LogP contribution in [0.25, 0.3) is 0 Å². The molecule has 0 aliphatic carbocycles. The van der Waals surface area contributed by atoms with Crippen LogP contribution >= 0.6 is 0 Å². The first-order chi connectivity index (χ1) is 11.6. The highest BCUT2D eigenvalue weighted by Gasteiger charge is 2.34. The number of fused-ring (bicyclic) bond motifs is 1. The Morgan fingerprint density at radius 3 is 2.71 bits per heavy atom. The molecule has 3 rings (SSSR count). The molecule has 122 valence electrons. The first kappa shape index (κ1) is 15.9. The van der Waals surface area contributed by atoms with Gasteiger partial charge in [-0.15, -0.1) is 6.42 Å². The summed E-state index contributed by atoms with van der Waals surface area (Å²) in [7, 11) is 0. The van der Waals surface area contributed by atoms with Gasteiger partial charge in [0.1, 0.15) is 11.5 Å². The van der Waals surface area contributed by atoms with Crippen molar-refractivity contribution in [2.45, 2.75) is 25.9 Å². The average Bonchev–Trinajstić information content (AvgIpc) is 2.59. The van der Waals surface area contributed by atoms with E-state index in [4.69, 9.17) is 11.2 Å². The molecule has 0 spiro atoms. The molecule has 1 amide bonds. The summed E-state index contributed by atoms with van der Waals surface area (Å²) in [6, 6.07) is 12.7. The predicted molar refractivity (Wildman–Crippen MR) is 93.2 cm³/mol. The van der Waals surface area contributed by atoms with Crippen LogP contribution in [0.4, 0.5) is 5.69 Å². The molecule has 1 heterocycles. The van der Waals surface area contributed by atoms with Crippen LogP contribution in [0.3, 0.4) is 0 Å². The van der Waals surface area contributed by atoms with Crippen molar-refractivity contribution in [2.24, 2.45) is 0 Å². The molecular weight excluding hydrogens is 302 g/mol. The summed E-state index contributed by atoms with van der Waals surface area (Å²) in [5.74, 6) is 2.93. The van der Waals surface area contributed by atoms with E-state index >= 15 is 0 Å². The van der Waals surface area contributed by atoms with E-state index in [1.54, 1.807) is 6.07 Å². The van der Waals surface area contributed by atoms with Gasteiger partial charge < -0.3 is 9.84 Å². The number of carbonyl (C=O) groups is 1. The lowest BCUT2D eigenvalue weighted by Crippen LogP contribution is -2.47. The van der Waals surface area contributed by atoms with Crippen LogP contribution in [0.5, 0.6) is 11.5 Å². The number of ether oxygens (including phenoxy) is 1. The zero-order valence-electron chi connectivity index (χ0n) is 13.5. The number of phenolic OH excluding ortho intramolecular Hbond substituents is 1. The third-order valence-corrected chi connectivity index (χ3v) is 4.20. The standard InChI is InChI=1S/C20H19NO3/c1-3-11-21-17-10-9-16(22)13-18(17)24-19(20(21)23)12-15-8-6-5-7-14(15)4-2/h1,5-10,13,19,22H,4,11-12H2,2H3. The lowest BCUT2D eigenvalue weighted by atomic mass is 9.98. The minimum Gasteiger partial charge on any atom is -0.508 e. The summed E-state index contributed by atoms with van der Waals surface area (Å²) in [5, 5.41) is 9.70. The van der Waals surface area contributed by atoms with Crippen LogP contribution < -0.4 is 9.64 Å². The number of aromatic hydroxyl groups is 1. The zero-order chi connectivity index (χ0) is 17.1. The summed E-state index contributed by atoms with van der Waals surface area (Å²) in [6.07, 6.45) is 6.13. The summed E-state index contributed by atoms with van der Waals surface area (Å²) in [4.78, 5) is 14.3. The molecule has 24 heavy (non-hydrogen) atoms. The smallest absolute Gasteiger partial charge is 0.269 e. The van der Waals surface area contributed by atoms with Gasteiger partial charge in [0.15, 0.2) is 6.10 Å². The van der Waals surface area contributed by atoms with Crippen molar-refractivity contribution >= 4 is 11.6 Å². The molecule has 0 radical (unpaired) electrons. The molecule has 0 fully saturated rings. The molecule has 1 N–H and O–H groups in total. The minimum absolute atomic E-state index is 0.0939. The van der Waals surface area contributed by atoms with Crippen molar-refractivity contribution in [3.8, 4) is 23.8 Å². The van der Waals surface area contributed by atoms with Crippen molar-refractivity contribution in [1.29, 1.82) is 0 Å². The lowest BCUT2D eigenvalue weighted by Gasteiger charge is -2.33. The Balaban J connectivity index is 1.95. The third kappa shape index (κ3) is 2.93. The summed E-state index contributed by atoms with van der Waals surface area (Å²) >= 11 is 0. The Morgan fingerprint density at radius 2 is 2.00 bits per heavy atom. The van der Waals surface area contributed by atoms with Gasteiger partial charge in [-0.3, -0.25) is 9.69 Å². The van der Waals surface area contributed by atoms with Crippen LogP contribution in [0.1, 0.15) is 18.1 Å². The molecule has 1 unspecified atom stereocenters. The largest absolute Gasteiger partial charge is 0.508 e. The van der Waals surface area contributed by atoms with Crippen molar-refractivity contribution in [3.63, 3.8) is 0 Å². The highest BCUT2D eigenvalue weighted by atomic mass is 16.5. The number of carbonyl (C=O) groups excluding carboxylic acids is 1. The normalized spacial score (nSPS) is 16.2. The molecule has 2 aromatic rings. The van der Waals surface area contributed by atoms with Gasteiger partial charge >= 0.3 is 0 Å². The second-order valence-electron chi connectivity index (χ2n) is 5.71. The number of benzene rings is 2. The fourth-order valence-corrected chi connectivity index (χ4v) is 3.00. The molecular formula is C20H19NO3. The number of hydrogen-bond donors (Lipinski definition) is 1. The maximum Gasteiger partial charge on any atom is 0.269 e. The second-order valence-corrected chi connectivity index (χ2v) is 5.71. The average molecular weight is 321 g/mol. The molecule has 1 aliphatic rings. The van der Waals surface area contributed by atoms with Crippen LogP contribution in [0.2, 0.25) is 0 Å². The molecule has 0 saturated carbocycles. The Morgan fingerprint density at radius 1 is 1.25 bits per heavy atom. The number of aryl methyl sites for hydroxylation is 1. The molecule has 0 aromatic heterocycles. The van der Waals surface area contributed by atoms with Gasteiger partial charge in [0.05, 0.1) is 12.2 Å². The van der Waals surface area contributed by atoms with Crippen LogP contribution in [-0.4, -0.2) is 23.7 Å². The fourth-order valence-electron chi connectivity index (χ4n) is 3.00. The van der Waals surface area contributed by atoms with Crippen LogP contribution in [-0.2, 0) is 17.6 Å². The van der Waals surface area contributed by atoms with Gasteiger partial charge in [0.25, 0.3) is 5.91 Å². The summed E-state index contributed by atoms with van der Waals surface area (Å²) in [6.45, 7) is 2.26. The monoisotopic (exact) mass is 321 g/mol. The summed E-state index contributed by atoms with van der Waals surface area (Å²) in [5.41, 5.74) is 2.87. The van der Waals surface area contributed by atoms with E-state index in [0.717, 1.165) is 12.0 Å². The Labute approximate surface area is 141 Å². The predicted octanol–water partition coefficient (Wildman–Crippen LogP) is 2.92. The number of anilines is 1. The minimum atomic E-state index is -0.652. The number of phenols is 1.